The van der Waals surface area contributed by atoms with Crippen molar-refractivity contribution in [2.24, 2.45) is 11.8 Å². The number of halogens is 3. The summed E-state index contributed by atoms with van der Waals surface area (Å²) in [6, 6.07) is 0. The maximum atomic E-state index is 12.5. The maximum absolute atomic E-state index is 12.5. The van der Waals surface area contributed by atoms with Crippen molar-refractivity contribution in [1.29, 1.82) is 0 Å². The number of hydrogen-bond acceptors (Lipinski definition) is 0. The zero-order valence-corrected chi connectivity index (χ0v) is 11.7. The molecule has 0 aromatic heterocycles. The molecule has 1 aliphatic carbocycles. The van der Waals surface area contributed by atoms with Crippen LogP contribution >= 0.6 is 0 Å². The Morgan fingerprint density at radius 1 is 1.00 bits per heavy atom. The summed E-state index contributed by atoms with van der Waals surface area (Å²) in [5, 5.41) is 0. The van der Waals surface area contributed by atoms with Gasteiger partial charge in [-0.05, 0) is 0 Å². The van der Waals surface area contributed by atoms with Crippen LogP contribution in [0.1, 0.15) is 33.1 Å². The van der Waals surface area contributed by atoms with E-state index in [1.165, 1.54) is 0 Å². The molecule has 0 amide bonds. The maximum Gasteiger partial charge on any atom is 1.00 e. The summed E-state index contributed by atoms with van der Waals surface area (Å²) >= 11 is 0. The van der Waals surface area contributed by atoms with E-state index in [1.54, 1.807) is 13.8 Å². The van der Waals surface area contributed by atoms with Crippen LogP contribution in [-0.4, -0.2) is 6.98 Å². The van der Waals surface area contributed by atoms with Crippen molar-refractivity contribution in [3.8, 4) is 0 Å². The zero-order valence-electron chi connectivity index (χ0n) is 8.56. The van der Waals surface area contributed by atoms with Gasteiger partial charge in [-0.25, -0.2) is 0 Å². The van der Waals surface area contributed by atoms with Crippen molar-refractivity contribution in [2.75, 3.05) is 0 Å². The average molecular weight is 218 g/mol. The normalized spacial score (nSPS) is 35.3. The Labute approximate surface area is 121 Å². The molecule has 1 fully saturated rings. The van der Waals surface area contributed by atoms with Crippen LogP contribution in [0.4, 0.5) is 12.9 Å². The van der Waals surface area contributed by atoms with Gasteiger partial charge in [-0.2, -0.15) is 0 Å². The fraction of sp³-hybridized carbons (Fsp3) is 1.00. The Hall–Kier alpha value is 1.49. The number of hydrogen-bond donors (Lipinski definition) is 0. The summed E-state index contributed by atoms with van der Waals surface area (Å²) in [5.74, 6) is -1.32. The first-order valence-electron chi connectivity index (χ1n) is 4.63. The Bertz CT molecular complexity index is 150. The van der Waals surface area contributed by atoms with E-state index < -0.39 is 12.8 Å². The van der Waals surface area contributed by atoms with E-state index in [9.17, 15) is 12.9 Å². The van der Waals surface area contributed by atoms with Crippen molar-refractivity contribution >= 4 is 6.98 Å². The van der Waals surface area contributed by atoms with Gasteiger partial charge in [0.15, 0.2) is 0 Å². The minimum absolute atomic E-state index is 0. The second-order valence-electron chi connectivity index (χ2n) is 4.09. The topological polar surface area (TPSA) is 0 Å². The summed E-state index contributed by atoms with van der Waals surface area (Å²) in [4.78, 5) is 0. The van der Waals surface area contributed by atoms with Crippen LogP contribution in [0.15, 0.2) is 0 Å². The largest absolute Gasteiger partial charge is 1.00 e. The van der Waals surface area contributed by atoms with Crippen LogP contribution in [0, 0.1) is 11.8 Å². The molecule has 1 unspecified atom stereocenters. The van der Waals surface area contributed by atoms with Crippen LogP contribution in [0.25, 0.3) is 0 Å². The van der Waals surface area contributed by atoms with E-state index in [0.717, 1.165) is 19.3 Å². The Balaban J connectivity index is 0.00000144. The van der Waals surface area contributed by atoms with Crippen molar-refractivity contribution in [1.82, 2.24) is 0 Å². The van der Waals surface area contributed by atoms with Crippen LogP contribution in [0.5, 0.6) is 0 Å². The van der Waals surface area contributed by atoms with Gasteiger partial charge >= 0.3 is 58.4 Å². The fourth-order valence-electron chi connectivity index (χ4n) is 2.45. The molecule has 0 bridgehead atoms. The Morgan fingerprint density at radius 3 is 1.62 bits per heavy atom. The quantitative estimate of drug-likeness (QED) is 0.567. The Kier molecular flexibility index (Phi) is 6.18. The third kappa shape index (κ3) is 3.86. The minimum atomic E-state index is -4.61. The summed E-state index contributed by atoms with van der Waals surface area (Å²) in [5.41, 5.74) is 0. The molecule has 0 spiro atoms. The second-order valence-corrected chi connectivity index (χ2v) is 4.09. The van der Waals surface area contributed by atoms with Gasteiger partial charge in [0, 0.05) is 0 Å². The monoisotopic (exact) mass is 218 g/mol. The Morgan fingerprint density at radius 2 is 1.38 bits per heavy atom. The smallest absolute Gasteiger partial charge is 0.449 e. The van der Waals surface area contributed by atoms with E-state index in [0.29, 0.717) is 0 Å². The summed E-state index contributed by atoms with van der Waals surface area (Å²) in [6.45, 7) is -1.15. The molecule has 72 valence electrons. The molecule has 0 radical (unpaired) electrons. The molecule has 0 heterocycles. The number of rotatable bonds is 1. The van der Waals surface area contributed by atoms with Gasteiger partial charge in [0.05, 0.1) is 0 Å². The molecule has 0 saturated heterocycles. The van der Waals surface area contributed by atoms with E-state index in [4.69, 9.17) is 0 Å². The molecule has 13 heavy (non-hydrogen) atoms. The zero-order chi connectivity index (χ0) is 9.35. The van der Waals surface area contributed by atoms with Gasteiger partial charge in [-0.3, -0.25) is 0 Å². The molecule has 0 nitrogen and oxygen atoms in total. The molecule has 3 atom stereocenters. The predicted octanol–water partition coefficient (Wildman–Crippen LogP) is 0.664. The van der Waals surface area contributed by atoms with Gasteiger partial charge in [0.2, 0.25) is 0 Å². The molecular formula is C8H15BF3K. The molecule has 0 aromatic rings. The fourth-order valence-corrected chi connectivity index (χ4v) is 2.45. The first-order chi connectivity index (χ1) is 5.43. The molecule has 1 rings (SSSR count). The summed E-state index contributed by atoms with van der Waals surface area (Å²) < 4.78 is 37.5. The molecule has 0 N–H and O–H groups in total. The minimum Gasteiger partial charge on any atom is -0.449 e. The second kappa shape index (κ2) is 5.54. The third-order valence-electron chi connectivity index (χ3n) is 3.07. The van der Waals surface area contributed by atoms with Crippen LogP contribution in [0.3, 0.4) is 0 Å². The van der Waals surface area contributed by atoms with Crippen LogP contribution in [0.2, 0.25) is 5.82 Å². The molecule has 1 aliphatic rings. The van der Waals surface area contributed by atoms with E-state index in [1.807, 2.05) is 0 Å². The van der Waals surface area contributed by atoms with E-state index in [2.05, 4.69) is 0 Å². The average Bonchev–Trinajstić information content (AvgIpc) is 1.82. The van der Waals surface area contributed by atoms with Gasteiger partial charge in [-0.1, -0.05) is 50.8 Å². The predicted molar refractivity (Wildman–Crippen MR) is 45.0 cm³/mol. The van der Waals surface area contributed by atoms with Gasteiger partial charge in [0.25, 0.3) is 0 Å². The first-order valence-corrected chi connectivity index (χ1v) is 4.63. The summed E-state index contributed by atoms with van der Waals surface area (Å²) in [7, 11) is 0. The first kappa shape index (κ1) is 14.5. The van der Waals surface area contributed by atoms with Crippen molar-refractivity contribution in [3.05, 3.63) is 0 Å². The van der Waals surface area contributed by atoms with Gasteiger partial charge in [-0.15, -0.1) is 0 Å². The van der Waals surface area contributed by atoms with Gasteiger partial charge < -0.3 is 12.9 Å². The molecule has 5 heteroatoms. The summed E-state index contributed by atoms with van der Waals surface area (Å²) in [6.07, 6.45) is 2.46. The van der Waals surface area contributed by atoms with Crippen LogP contribution in [-0.2, 0) is 0 Å². The van der Waals surface area contributed by atoms with Gasteiger partial charge in [0.1, 0.15) is 0 Å². The van der Waals surface area contributed by atoms with Crippen molar-refractivity contribution in [2.45, 2.75) is 38.9 Å². The van der Waals surface area contributed by atoms with Crippen LogP contribution < -0.4 is 51.4 Å². The molecule has 0 aliphatic heterocycles. The van der Waals surface area contributed by atoms with E-state index >= 15 is 0 Å². The van der Waals surface area contributed by atoms with E-state index in [-0.39, 0.29) is 63.2 Å². The van der Waals surface area contributed by atoms with Crippen molar-refractivity contribution < 1.29 is 64.3 Å². The molecule has 1 saturated carbocycles. The third-order valence-corrected chi connectivity index (χ3v) is 3.07. The standard InChI is InChI=1S/C8H15BF3.K/c1-6-4-3-5-7(2)8(6)9(10,11)12;/h6-8H,3-5H2,1-2H3;/q-1;+1/t6-,7+,8?;. The SMILES string of the molecule is C[C@@H]1CCC[C@H](C)C1[B-](F)(F)F.[K+]. The van der Waals surface area contributed by atoms with Crippen molar-refractivity contribution in [3.63, 3.8) is 0 Å². The molecule has 0 aromatic carbocycles. The molecular weight excluding hydrogens is 203 g/mol.